The maximum atomic E-state index is 13.7. The number of cyclic esters (lactones) is 1. The summed E-state index contributed by atoms with van der Waals surface area (Å²) in [6.45, 7) is 1.92. The van der Waals surface area contributed by atoms with Crippen LogP contribution in [0.4, 0.5) is 5.69 Å². The lowest BCUT2D eigenvalue weighted by Gasteiger charge is -2.24. The number of carboxylic acids is 1. The van der Waals surface area contributed by atoms with Crippen LogP contribution in [-0.4, -0.2) is 34.9 Å². The van der Waals surface area contributed by atoms with Crippen LogP contribution in [0.15, 0.2) is 77.8 Å². The first-order chi connectivity index (χ1) is 19.4. The Morgan fingerprint density at radius 1 is 1.00 bits per heavy atom. The summed E-state index contributed by atoms with van der Waals surface area (Å²) in [4.78, 5) is 41.8. The number of carboxylic acid groups (broad SMARTS) is 1. The first kappa shape index (κ1) is 27.3. The molecule has 0 bridgehead atoms. The Morgan fingerprint density at radius 2 is 1.73 bits per heavy atom. The molecule has 1 heterocycles. The fourth-order valence-electron chi connectivity index (χ4n) is 5.78. The summed E-state index contributed by atoms with van der Waals surface area (Å²) in [6.07, 6.45) is 5.13. The Bertz CT molecular complexity index is 1410. The molecule has 0 radical (unpaired) electrons. The number of benzene rings is 3. The molecule has 40 heavy (non-hydrogen) atoms. The minimum atomic E-state index is -0.841. The van der Waals surface area contributed by atoms with Gasteiger partial charge in [-0.1, -0.05) is 67.4 Å². The lowest BCUT2D eigenvalue weighted by atomic mass is 9.83. The number of ether oxygens (including phenoxy) is 1. The highest BCUT2D eigenvalue weighted by molar-refractivity contribution is 6.06. The number of nitrogens with one attached hydrogen (secondary N) is 1. The molecule has 1 amide bonds. The Morgan fingerprint density at radius 3 is 2.42 bits per heavy atom. The number of esters is 1. The van der Waals surface area contributed by atoms with Gasteiger partial charge in [0.05, 0.1) is 5.92 Å². The molecule has 1 saturated carbocycles. The van der Waals surface area contributed by atoms with Crippen LogP contribution >= 0.6 is 0 Å². The van der Waals surface area contributed by atoms with Crippen molar-refractivity contribution in [2.45, 2.75) is 63.8 Å². The van der Waals surface area contributed by atoms with Gasteiger partial charge in [0.2, 0.25) is 11.8 Å². The number of aliphatic imine (C=N–C) groups is 1. The fraction of sp³-hybridized carbons (Fsp3) is 0.333. The second kappa shape index (κ2) is 12.3. The van der Waals surface area contributed by atoms with Crippen LogP contribution < -0.4 is 5.32 Å². The van der Waals surface area contributed by atoms with Gasteiger partial charge < -0.3 is 15.2 Å². The van der Waals surface area contributed by atoms with Crippen molar-refractivity contribution in [3.05, 3.63) is 101 Å². The molecule has 2 unspecified atom stereocenters. The third-order valence-corrected chi connectivity index (χ3v) is 8.00. The number of hydrogen-bond acceptors (Lipinski definition) is 5. The molecule has 1 aliphatic heterocycles. The topological polar surface area (TPSA) is 105 Å². The van der Waals surface area contributed by atoms with Crippen LogP contribution in [0.1, 0.15) is 65.8 Å². The lowest BCUT2D eigenvalue weighted by molar-refractivity contribution is -0.137. The van der Waals surface area contributed by atoms with Crippen LogP contribution in [0.3, 0.4) is 0 Å². The molecular formula is C33H34N2O5. The molecule has 1 fully saturated rings. The van der Waals surface area contributed by atoms with E-state index >= 15 is 0 Å². The number of amides is 1. The molecule has 1 aliphatic carbocycles. The molecule has 0 saturated heterocycles. The second-order valence-electron chi connectivity index (χ2n) is 10.7. The van der Waals surface area contributed by atoms with Crippen molar-refractivity contribution < 1.29 is 24.2 Å². The van der Waals surface area contributed by atoms with Gasteiger partial charge in [-0.05, 0) is 72.6 Å². The highest BCUT2D eigenvalue weighted by Crippen LogP contribution is 2.38. The molecule has 3 aromatic carbocycles. The number of nitrogens with zero attached hydrogens (tertiary/aromatic N) is 1. The predicted molar refractivity (Wildman–Crippen MR) is 153 cm³/mol. The van der Waals surface area contributed by atoms with Crippen molar-refractivity contribution >= 4 is 29.4 Å². The Labute approximate surface area is 234 Å². The average molecular weight is 539 g/mol. The molecule has 0 aromatic heterocycles. The summed E-state index contributed by atoms with van der Waals surface area (Å²) in [6, 6.07) is 22.4. The minimum Gasteiger partial charge on any atom is -0.481 e. The van der Waals surface area contributed by atoms with E-state index in [1.165, 1.54) is 0 Å². The number of carbonyl (C=O) groups is 3. The number of hydrogen-bond donors (Lipinski definition) is 2. The van der Waals surface area contributed by atoms with Crippen molar-refractivity contribution in [1.29, 1.82) is 0 Å². The molecule has 5 rings (SSSR count). The SMILES string of the molecule is Cc1c(CCC(=O)O)cccc1NC(=O)C(c1ccc(CC2N=C(c3ccccc3)OC2=O)cc1)C1CCCC1. The number of rotatable bonds is 10. The second-order valence-corrected chi connectivity index (χ2v) is 10.7. The Kier molecular flexibility index (Phi) is 8.39. The molecule has 3 aromatic rings. The number of carbonyl (C=O) groups excluding carboxylic acids is 2. The smallest absolute Gasteiger partial charge is 0.338 e. The van der Waals surface area contributed by atoms with Crippen molar-refractivity contribution in [1.82, 2.24) is 0 Å². The van der Waals surface area contributed by atoms with Gasteiger partial charge in [0, 0.05) is 24.1 Å². The Balaban J connectivity index is 1.31. The first-order valence-electron chi connectivity index (χ1n) is 13.9. The van der Waals surface area contributed by atoms with Crippen molar-refractivity contribution in [3.8, 4) is 0 Å². The quantitative estimate of drug-likeness (QED) is 0.316. The average Bonchev–Trinajstić information content (AvgIpc) is 3.61. The van der Waals surface area contributed by atoms with Gasteiger partial charge >= 0.3 is 11.9 Å². The fourth-order valence-corrected chi connectivity index (χ4v) is 5.78. The number of aliphatic carboxylic acids is 1. The third-order valence-electron chi connectivity index (χ3n) is 8.00. The largest absolute Gasteiger partial charge is 0.481 e. The predicted octanol–water partition coefficient (Wildman–Crippen LogP) is 5.84. The van der Waals surface area contributed by atoms with Gasteiger partial charge in [0.25, 0.3) is 0 Å². The monoisotopic (exact) mass is 538 g/mol. The van der Waals surface area contributed by atoms with E-state index in [2.05, 4.69) is 10.3 Å². The van der Waals surface area contributed by atoms with E-state index in [0.29, 0.717) is 18.7 Å². The van der Waals surface area contributed by atoms with Crippen molar-refractivity contribution in [2.24, 2.45) is 10.9 Å². The van der Waals surface area contributed by atoms with Gasteiger partial charge in [-0.3, -0.25) is 9.59 Å². The zero-order valence-electron chi connectivity index (χ0n) is 22.6. The molecule has 2 aliphatic rings. The summed E-state index contributed by atoms with van der Waals surface area (Å²) < 4.78 is 5.42. The van der Waals surface area contributed by atoms with Gasteiger partial charge in [-0.2, -0.15) is 0 Å². The van der Waals surface area contributed by atoms with Crippen molar-refractivity contribution in [2.75, 3.05) is 5.32 Å². The number of aryl methyl sites for hydroxylation is 1. The summed E-state index contributed by atoms with van der Waals surface area (Å²) >= 11 is 0. The molecule has 206 valence electrons. The summed E-state index contributed by atoms with van der Waals surface area (Å²) in [5.74, 6) is -0.928. The van der Waals surface area contributed by atoms with Gasteiger partial charge in [-0.25, -0.2) is 9.79 Å². The summed E-state index contributed by atoms with van der Waals surface area (Å²) in [7, 11) is 0. The lowest BCUT2D eigenvalue weighted by Crippen LogP contribution is -2.27. The van der Waals surface area contributed by atoms with E-state index in [0.717, 1.165) is 59.2 Å². The van der Waals surface area contributed by atoms with E-state index in [9.17, 15) is 14.4 Å². The molecule has 7 heteroatoms. The first-order valence-corrected chi connectivity index (χ1v) is 13.9. The standard InChI is InChI=1S/C33H34N2O5/c1-21-23(18-19-29(36)37)12-7-13-27(21)34-31(38)30(24-8-5-6-9-24)25-16-14-22(15-17-25)20-28-33(39)40-32(35-28)26-10-3-2-4-11-26/h2-4,7,10-17,24,28,30H,5-6,8-9,18-20H2,1H3,(H,34,38)(H,36,37). The zero-order chi connectivity index (χ0) is 28.1. The molecule has 2 atom stereocenters. The van der Waals surface area contributed by atoms with Crippen LogP contribution in [0, 0.1) is 12.8 Å². The normalized spacial score (nSPS) is 17.8. The third kappa shape index (κ3) is 6.30. The molecule has 0 spiro atoms. The number of anilines is 1. The highest BCUT2D eigenvalue weighted by atomic mass is 16.6. The van der Waals surface area contributed by atoms with Gasteiger partial charge in [0.15, 0.2) is 6.04 Å². The highest BCUT2D eigenvalue weighted by Gasteiger charge is 2.33. The zero-order valence-corrected chi connectivity index (χ0v) is 22.6. The molecule has 7 nitrogen and oxygen atoms in total. The van der Waals surface area contributed by atoms with E-state index in [1.807, 2.05) is 79.7 Å². The summed E-state index contributed by atoms with van der Waals surface area (Å²) in [5, 5.41) is 12.2. The van der Waals surface area contributed by atoms with Crippen LogP contribution in [0.2, 0.25) is 0 Å². The maximum Gasteiger partial charge on any atom is 0.338 e. The van der Waals surface area contributed by atoms with E-state index in [1.54, 1.807) is 0 Å². The molecular weight excluding hydrogens is 504 g/mol. The van der Waals surface area contributed by atoms with Crippen LogP contribution in [0.5, 0.6) is 0 Å². The van der Waals surface area contributed by atoms with E-state index < -0.39 is 12.0 Å². The van der Waals surface area contributed by atoms with E-state index in [-0.39, 0.29) is 30.1 Å². The van der Waals surface area contributed by atoms with Gasteiger partial charge in [-0.15, -0.1) is 0 Å². The summed E-state index contributed by atoms with van der Waals surface area (Å²) in [5.41, 5.74) is 5.23. The minimum absolute atomic E-state index is 0.0467. The Hall–Kier alpha value is -4.26. The van der Waals surface area contributed by atoms with Crippen LogP contribution in [0.25, 0.3) is 0 Å². The van der Waals surface area contributed by atoms with Crippen molar-refractivity contribution in [3.63, 3.8) is 0 Å². The van der Waals surface area contributed by atoms with Crippen LogP contribution in [-0.2, 0) is 32.0 Å². The van der Waals surface area contributed by atoms with E-state index in [4.69, 9.17) is 9.84 Å². The van der Waals surface area contributed by atoms with Gasteiger partial charge in [0.1, 0.15) is 0 Å². The molecule has 2 N–H and O–H groups in total. The maximum absolute atomic E-state index is 13.7.